The van der Waals surface area contributed by atoms with Crippen LogP contribution in [0.15, 0.2) is 35.6 Å². The van der Waals surface area contributed by atoms with Gasteiger partial charge in [-0.15, -0.1) is 0 Å². The molecule has 0 saturated heterocycles. The van der Waals surface area contributed by atoms with Crippen LogP contribution in [0, 0.1) is 11.6 Å². The van der Waals surface area contributed by atoms with Crippen molar-refractivity contribution in [3.05, 3.63) is 53.6 Å². The lowest BCUT2D eigenvalue weighted by atomic mass is 10.3. The van der Waals surface area contributed by atoms with Crippen LogP contribution in [0.5, 0.6) is 0 Å². The first-order chi connectivity index (χ1) is 9.48. The summed E-state index contributed by atoms with van der Waals surface area (Å²) in [4.78, 5) is 7.11. The van der Waals surface area contributed by atoms with Crippen LogP contribution >= 0.6 is 0 Å². The highest BCUT2D eigenvalue weighted by Gasteiger charge is 2.33. The third kappa shape index (κ3) is 2.06. The van der Waals surface area contributed by atoms with Crippen molar-refractivity contribution < 1.29 is 17.2 Å². The third-order valence-electron chi connectivity index (χ3n) is 3.07. The fourth-order valence-electron chi connectivity index (χ4n) is 2.06. The largest absolute Gasteiger partial charge is 0.246 e. The third-order valence-corrected chi connectivity index (χ3v) is 4.87. The van der Waals surface area contributed by atoms with Crippen molar-refractivity contribution in [2.45, 2.75) is 18.0 Å². The number of nitrogens with zero attached hydrogens (tertiary/aromatic N) is 3. The lowest BCUT2D eigenvalue weighted by molar-refractivity contribution is 0.424. The van der Waals surface area contributed by atoms with Crippen LogP contribution in [0.2, 0.25) is 0 Å². The van der Waals surface area contributed by atoms with Crippen LogP contribution in [0.4, 0.5) is 8.78 Å². The van der Waals surface area contributed by atoms with Gasteiger partial charge in [0.2, 0.25) is 10.0 Å². The van der Waals surface area contributed by atoms with Crippen molar-refractivity contribution in [3.8, 4) is 0 Å². The molecule has 0 fully saturated rings. The topological polar surface area (TPSA) is 63.2 Å². The molecule has 2 aromatic rings. The molecule has 0 saturated carbocycles. The molecule has 1 aromatic carbocycles. The second-order valence-corrected chi connectivity index (χ2v) is 6.25. The highest BCUT2D eigenvalue weighted by molar-refractivity contribution is 7.89. The van der Waals surface area contributed by atoms with E-state index in [1.165, 1.54) is 12.5 Å². The zero-order valence-electron chi connectivity index (χ0n) is 10.1. The van der Waals surface area contributed by atoms with Crippen molar-refractivity contribution in [2.75, 3.05) is 0 Å². The number of aromatic nitrogens is 2. The summed E-state index contributed by atoms with van der Waals surface area (Å²) in [5.74, 6) is -1.78. The molecule has 1 aliphatic rings. The van der Waals surface area contributed by atoms with Gasteiger partial charge in [0.05, 0.1) is 12.2 Å². The fraction of sp³-hybridized carbons (Fsp3) is 0.167. The molecule has 104 valence electrons. The second-order valence-electron chi connectivity index (χ2n) is 4.34. The first-order valence-corrected chi connectivity index (χ1v) is 7.15. The first kappa shape index (κ1) is 13.1. The van der Waals surface area contributed by atoms with Crippen molar-refractivity contribution in [1.82, 2.24) is 14.3 Å². The molecule has 0 N–H and O–H groups in total. The summed E-state index contributed by atoms with van der Waals surface area (Å²) in [5, 5.41) is 0. The molecule has 20 heavy (non-hydrogen) atoms. The SMILES string of the molecule is O=S(=O)(c1cc(F)ccc1F)N1Cc2cncnc2C1. The molecule has 2 heterocycles. The van der Waals surface area contributed by atoms with E-state index in [1.54, 1.807) is 0 Å². The zero-order chi connectivity index (χ0) is 14.3. The van der Waals surface area contributed by atoms with Gasteiger partial charge in [0.25, 0.3) is 0 Å². The Hall–Kier alpha value is -1.93. The van der Waals surface area contributed by atoms with Crippen molar-refractivity contribution >= 4 is 10.0 Å². The fourth-order valence-corrected chi connectivity index (χ4v) is 3.51. The summed E-state index contributed by atoms with van der Waals surface area (Å²) in [6, 6.07) is 2.35. The van der Waals surface area contributed by atoms with Gasteiger partial charge in [0.1, 0.15) is 22.9 Å². The normalized spacial score (nSPS) is 15.3. The van der Waals surface area contributed by atoms with Crippen LogP contribution in [-0.2, 0) is 23.1 Å². The summed E-state index contributed by atoms with van der Waals surface area (Å²) in [6.07, 6.45) is 2.83. The Morgan fingerprint density at radius 2 is 2.00 bits per heavy atom. The lowest BCUT2D eigenvalue weighted by Gasteiger charge is -2.15. The van der Waals surface area contributed by atoms with Crippen molar-refractivity contribution in [2.24, 2.45) is 0 Å². The molecule has 0 atom stereocenters. The van der Waals surface area contributed by atoms with Gasteiger partial charge in [0.15, 0.2) is 0 Å². The summed E-state index contributed by atoms with van der Waals surface area (Å²) in [7, 11) is -4.11. The number of hydrogen-bond acceptors (Lipinski definition) is 4. The van der Waals surface area contributed by atoms with Gasteiger partial charge in [-0.1, -0.05) is 0 Å². The van der Waals surface area contributed by atoms with Crippen LogP contribution in [0.25, 0.3) is 0 Å². The van der Waals surface area contributed by atoms with Crippen LogP contribution in [0.1, 0.15) is 11.3 Å². The molecule has 5 nitrogen and oxygen atoms in total. The molecule has 0 radical (unpaired) electrons. The Morgan fingerprint density at radius 3 is 2.75 bits per heavy atom. The van der Waals surface area contributed by atoms with Crippen molar-refractivity contribution in [3.63, 3.8) is 0 Å². The number of hydrogen-bond donors (Lipinski definition) is 0. The Kier molecular flexibility index (Phi) is 2.98. The average Bonchev–Trinajstić information content (AvgIpc) is 2.86. The van der Waals surface area contributed by atoms with Crippen LogP contribution in [0.3, 0.4) is 0 Å². The molecule has 8 heteroatoms. The zero-order valence-corrected chi connectivity index (χ0v) is 10.9. The van der Waals surface area contributed by atoms with E-state index in [4.69, 9.17) is 0 Å². The van der Waals surface area contributed by atoms with E-state index in [1.807, 2.05) is 0 Å². The number of halogens is 2. The standard InChI is InChI=1S/C12H9F2N3O2S/c13-9-1-2-10(14)12(3-9)20(18,19)17-5-8-4-15-7-16-11(8)6-17/h1-4,7H,5-6H2. The van der Waals surface area contributed by atoms with Gasteiger partial charge in [-0.25, -0.2) is 27.2 Å². The van der Waals surface area contributed by atoms with E-state index >= 15 is 0 Å². The predicted molar refractivity (Wildman–Crippen MR) is 64.8 cm³/mol. The number of sulfonamides is 1. The van der Waals surface area contributed by atoms with E-state index in [2.05, 4.69) is 9.97 Å². The summed E-state index contributed by atoms with van der Waals surface area (Å²) in [6.45, 7) is 0.0740. The highest BCUT2D eigenvalue weighted by atomic mass is 32.2. The van der Waals surface area contributed by atoms with Crippen molar-refractivity contribution in [1.29, 1.82) is 0 Å². The molecule has 0 aliphatic carbocycles. The number of benzene rings is 1. The maximum atomic E-state index is 13.6. The van der Waals surface area contributed by atoms with E-state index in [0.717, 1.165) is 16.4 Å². The minimum atomic E-state index is -4.11. The quantitative estimate of drug-likeness (QED) is 0.842. The first-order valence-electron chi connectivity index (χ1n) is 5.71. The molecule has 0 spiro atoms. The second kappa shape index (κ2) is 4.57. The number of fused-ring (bicyclic) bond motifs is 1. The monoisotopic (exact) mass is 297 g/mol. The van der Waals surface area contributed by atoms with E-state index in [9.17, 15) is 17.2 Å². The summed E-state index contributed by atoms with van der Waals surface area (Å²) < 4.78 is 52.5. The summed E-state index contributed by atoms with van der Waals surface area (Å²) >= 11 is 0. The Bertz CT molecular complexity index is 755. The molecule has 3 rings (SSSR count). The maximum Gasteiger partial charge on any atom is 0.246 e. The molecule has 0 unspecified atom stereocenters. The number of rotatable bonds is 2. The molecule has 1 aliphatic heterocycles. The van der Waals surface area contributed by atoms with Gasteiger partial charge < -0.3 is 0 Å². The average molecular weight is 297 g/mol. The Labute approximate surface area is 114 Å². The van der Waals surface area contributed by atoms with Crippen LogP contribution in [-0.4, -0.2) is 22.7 Å². The molecular weight excluding hydrogens is 288 g/mol. The Morgan fingerprint density at radius 1 is 1.20 bits per heavy atom. The maximum absolute atomic E-state index is 13.6. The minimum Gasteiger partial charge on any atom is -0.244 e. The van der Waals surface area contributed by atoms with E-state index in [-0.39, 0.29) is 13.1 Å². The molecular formula is C12H9F2N3O2S. The molecule has 0 amide bonds. The smallest absolute Gasteiger partial charge is 0.244 e. The molecule has 0 bridgehead atoms. The van der Waals surface area contributed by atoms with E-state index in [0.29, 0.717) is 17.3 Å². The Balaban J connectivity index is 2.01. The van der Waals surface area contributed by atoms with Gasteiger partial charge in [-0.3, -0.25) is 0 Å². The van der Waals surface area contributed by atoms with Gasteiger partial charge in [-0.2, -0.15) is 4.31 Å². The van der Waals surface area contributed by atoms with Crippen LogP contribution < -0.4 is 0 Å². The predicted octanol–water partition coefficient (Wildman–Crippen LogP) is 1.46. The van der Waals surface area contributed by atoms with Gasteiger partial charge in [-0.05, 0) is 18.2 Å². The van der Waals surface area contributed by atoms with Gasteiger partial charge >= 0.3 is 0 Å². The highest BCUT2D eigenvalue weighted by Crippen LogP contribution is 2.28. The van der Waals surface area contributed by atoms with E-state index < -0.39 is 26.6 Å². The minimum absolute atomic E-state index is 0.0239. The van der Waals surface area contributed by atoms with Gasteiger partial charge in [0, 0.05) is 18.3 Å². The molecule has 1 aromatic heterocycles. The summed E-state index contributed by atoms with van der Waals surface area (Å²) in [5.41, 5.74) is 1.23. The lowest BCUT2D eigenvalue weighted by Crippen LogP contribution is -2.26.